The van der Waals surface area contributed by atoms with Crippen LogP contribution >= 0.6 is 12.4 Å². The average Bonchev–Trinajstić information content (AvgIpc) is 3.10. The molecule has 3 rings (SSSR count). The fourth-order valence-electron chi connectivity index (χ4n) is 2.76. The number of nitrogens with one attached hydrogen (secondary N) is 1. The molecule has 2 aromatic rings. The third kappa shape index (κ3) is 3.61. The van der Waals surface area contributed by atoms with Gasteiger partial charge in [0.2, 0.25) is 5.09 Å². The van der Waals surface area contributed by atoms with Crippen LogP contribution in [0.4, 0.5) is 0 Å². The topological polar surface area (TPSA) is 62.6 Å². The van der Waals surface area contributed by atoms with Gasteiger partial charge in [-0.2, -0.15) is 4.31 Å². The second-order valence-corrected chi connectivity index (χ2v) is 7.18. The zero-order chi connectivity index (χ0) is 15.6. The van der Waals surface area contributed by atoms with E-state index in [9.17, 15) is 8.42 Å². The number of hydrogen-bond donors (Lipinski definition) is 1. The maximum absolute atomic E-state index is 12.8. The Morgan fingerprint density at radius 2 is 2.00 bits per heavy atom. The monoisotopic (exact) mass is 356 g/mol. The molecule has 0 aliphatic carbocycles. The molecule has 1 aliphatic heterocycles. The lowest BCUT2D eigenvalue weighted by Gasteiger charge is -2.34. The Labute approximate surface area is 143 Å². The van der Waals surface area contributed by atoms with Crippen molar-refractivity contribution < 1.29 is 12.8 Å². The van der Waals surface area contributed by atoms with Gasteiger partial charge in [-0.1, -0.05) is 31.2 Å². The first-order valence-corrected chi connectivity index (χ1v) is 8.92. The number of aryl methyl sites for hydroxylation is 1. The molecule has 7 heteroatoms. The molecule has 0 saturated carbocycles. The largest absolute Gasteiger partial charge is 0.452 e. The minimum absolute atomic E-state index is 0. The van der Waals surface area contributed by atoms with E-state index in [1.807, 2.05) is 12.1 Å². The Hall–Kier alpha value is -1.34. The number of furan rings is 1. The van der Waals surface area contributed by atoms with Crippen molar-refractivity contribution in [2.45, 2.75) is 24.5 Å². The number of benzene rings is 1. The fraction of sp³-hybridized carbons (Fsp3) is 0.375. The summed E-state index contributed by atoms with van der Waals surface area (Å²) < 4.78 is 32.2. The van der Waals surface area contributed by atoms with Crippen LogP contribution in [0.25, 0.3) is 0 Å². The van der Waals surface area contributed by atoms with Crippen LogP contribution < -0.4 is 5.32 Å². The Balaban J connectivity index is 0.00000192. The fourth-order valence-corrected chi connectivity index (χ4v) is 4.28. The summed E-state index contributed by atoms with van der Waals surface area (Å²) >= 11 is 0. The molecule has 1 aliphatic rings. The summed E-state index contributed by atoms with van der Waals surface area (Å²) in [6, 6.07) is 11.0. The molecule has 126 valence electrons. The molecule has 1 atom stereocenters. The molecule has 1 aromatic carbocycles. The molecule has 0 radical (unpaired) electrons. The van der Waals surface area contributed by atoms with Gasteiger partial charge in [0.05, 0.1) is 12.3 Å². The Bertz CT molecular complexity index is 714. The first-order chi connectivity index (χ1) is 10.6. The molecule has 0 amide bonds. The Morgan fingerprint density at radius 1 is 1.26 bits per heavy atom. The van der Waals surface area contributed by atoms with E-state index < -0.39 is 10.0 Å². The van der Waals surface area contributed by atoms with Gasteiger partial charge < -0.3 is 9.73 Å². The van der Waals surface area contributed by atoms with E-state index in [0.717, 1.165) is 12.0 Å². The second kappa shape index (κ2) is 7.49. The van der Waals surface area contributed by atoms with E-state index in [1.54, 1.807) is 6.07 Å². The van der Waals surface area contributed by atoms with Crippen molar-refractivity contribution in [2.75, 3.05) is 19.6 Å². The second-order valence-electron chi connectivity index (χ2n) is 5.36. The summed E-state index contributed by atoms with van der Waals surface area (Å²) in [6.45, 7) is 3.78. The van der Waals surface area contributed by atoms with Gasteiger partial charge in [-0.25, -0.2) is 8.42 Å². The molecule has 1 unspecified atom stereocenters. The summed E-state index contributed by atoms with van der Waals surface area (Å²) in [5.41, 5.74) is 2.24. The number of sulfonamides is 1. The van der Waals surface area contributed by atoms with E-state index in [0.29, 0.717) is 19.6 Å². The van der Waals surface area contributed by atoms with Crippen molar-refractivity contribution in [3.8, 4) is 0 Å². The van der Waals surface area contributed by atoms with Crippen molar-refractivity contribution in [1.82, 2.24) is 9.62 Å². The number of hydrogen-bond acceptors (Lipinski definition) is 4. The van der Waals surface area contributed by atoms with Crippen LogP contribution in [0.1, 0.15) is 24.1 Å². The van der Waals surface area contributed by atoms with E-state index >= 15 is 0 Å². The summed E-state index contributed by atoms with van der Waals surface area (Å²) in [4.78, 5) is 0. The van der Waals surface area contributed by atoms with Gasteiger partial charge in [0.1, 0.15) is 0 Å². The summed E-state index contributed by atoms with van der Waals surface area (Å²) in [5, 5.41) is 3.28. The normalized spacial score (nSPS) is 19.3. The van der Waals surface area contributed by atoms with Crippen LogP contribution in [0.15, 0.2) is 52.2 Å². The van der Waals surface area contributed by atoms with Gasteiger partial charge in [0.15, 0.2) is 0 Å². The molecule has 0 spiro atoms. The minimum atomic E-state index is -3.61. The highest BCUT2D eigenvalue weighted by atomic mass is 35.5. The van der Waals surface area contributed by atoms with Crippen molar-refractivity contribution in [2.24, 2.45) is 0 Å². The van der Waals surface area contributed by atoms with Crippen molar-refractivity contribution >= 4 is 22.4 Å². The molecule has 0 bridgehead atoms. The molecule has 1 saturated heterocycles. The van der Waals surface area contributed by atoms with Crippen molar-refractivity contribution in [1.29, 1.82) is 0 Å². The molecule has 1 aromatic heterocycles. The molecular formula is C16H21ClN2O3S. The molecule has 5 nitrogen and oxygen atoms in total. The van der Waals surface area contributed by atoms with Crippen LogP contribution in [0.2, 0.25) is 0 Å². The lowest BCUT2D eigenvalue weighted by molar-refractivity contribution is 0.264. The van der Waals surface area contributed by atoms with Gasteiger partial charge in [-0.3, -0.25) is 0 Å². The number of halogens is 1. The Kier molecular flexibility index (Phi) is 5.86. The zero-order valence-electron chi connectivity index (χ0n) is 12.9. The summed E-state index contributed by atoms with van der Waals surface area (Å²) in [7, 11) is -3.61. The van der Waals surface area contributed by atoms with Crippen molar-refractivity contribution in [3.05, 3.63) is 53.8 Å². The molecule has 1 N–H and O–H groups in total. The molecule has 1 fully saturated rings. The number of piperazine rings is 1. The third-order valence-electron chi connectivity index (χ3n) is 4.03. The highest BCUT2D eigenvalue weighted by molar-refractivity contribution is 7.89. The number of nitrogens with zero attached hydrogens (tertiary/aromatic N) is 1. The van der Waals surface area contributed by atoms with E-state index in [2.05, 4.69) is 24.4 Å². The predicted octanol–water partition coefficient (Wildman–Crippen LogP) is 2.60. The predicted molar refractivity (Wildman–Crippen MR) is 91.3 cm³/mol. The molecule has 2 heterocycles. The number of rotatable bonds is 4. The van der Waals surface area contributed by atoms with E-state index in [4.69, 9.17) is 4.42 Å². The lowest BCUT2D eigenvalue weighted by Crippen LogP contribution is -2.48. The van der Waals surface area contributed by atoms with Crippen LogP contribution in [0.5, 0.6) is 0 Å². The van der Waals surface area contributed by atoms with E-state index in [1.165, 1.54) is 22.2 Å². The van der Waals surface area contributed by atoms with Crippen LogP contribution in [-0.4, -0.2) is 32.4 Å². The van der Waals surface area contributed by atoms with Gasteiger partial charge >= 0.3 is 0 Å². The highest BCUT2D eigenvalue weighted by Gasteiger charge is 2.35. The Morgan fingerprint density at radius 3 is 2.61 bits per heavy atom. The lowest BCUT2D eigenvalue weighted by atomic mass is 10.0. The third-order valence-corrected chi connectivity index (χ3v) is 5.82. The van der Waals surface area contributed by atoms with Crippen LogP contribution in [-0.2, 0) is 16.4 Å². The van der Waals surface area contributed by atoms with Gasteiger partial charge in [-0.15, -0.1) is 12.4 Å². The van der Waals surface area contributed by atoms with Gasteiger partial charge in [0.25, 0.3) is 10.0 Å². The zero-order valence-corrected chi connectivity index (χ0v) is 14.6. The summed E-state index contributed by atoms with van der Waals surface area (Å²) in [5.74, 6) is 0. The van der Waals surface area contributed by atoms with Crippen LogP contribution in [0.3, 0.4) is 0 Å². The highest BCUT2D eigenvalue weighted by Crippen LogP contribution is 2.29. The summed E-state index contributed by atoms with van der Waals surface area (Å²) in [6.07, 6.45) is 2.36. The standard InChI is InChI=1S/C16H20N2O3S.ClH/c1-2-13-5-7-14(8-6-13)15-12-17-9-10-18(15)22(19,20)16-4-3-11-21-16;/h3-8,11,15,17H,2,9-10,12H2,1H3;1H. The van der Waals surface area contributed by atoms with Crippen molar-refractivity contribution in [3.63, 3.8) is 0 Å². The van der Waals surface area contributed by atoms with Crippen LogP contribution in [0, 0.1) is 0 Å². The van der Waals surface area contributed by atoms with Gasteiger partial charge in [0, 0.05) is 19.6 Å². The molecular weight excluding hydrogens is 336 g/mol. The van der Waals surface area contributed by atoms with E-state index in [-0.39, 0.29) is 23.5 Å². The smallest absolute Gasteiger partial charge is 0.277 e. The first kappa shape index (κ1) is 18.0. The first-order valence-electron chi connectivity index (χ1n) is 7.48. The quantitative estimate of drug-likeness (QED) is 0.914. The molecule has 23 heavy (non-hydrogen) atoms. The SMILES string of the molecule is CCc1ccc(C2CNCCN2S(=O)(=O)c2ccco2)cc1.Cl. The van der Waals surface area contributed by atoms with Gasteiger partial charge in [-0.05, 0) is 29.7 Å². The average molecular weight is 357 g/mol. The minimum Gasteiger partial charge on any atom is -0.452 e. The maximum atomic E-state index is 12.8. The maximum Gasteiger partial charge on any atom is 0.277 e.